The first-order chi connectivity index (χ1) is 10.8. The fraction of sp³-hybridized carbons (Fsp3) is 0.438. The third-order valence-electron chi connectivity index (χ3n) is 3.96. The maximum atomic E-state index is 6.04. The molecule has 1 fully saturated rings. The number of nitrogens with zero attached hydrogens (tertiary/aromatic N) is 2. The molecule has 0 spiro atoms. The Morgan fingerprint density at radius 1 is 1.39 bits per heavy atom. The van der Waals surface area contributed by atoms with Gasteiger partial charge < -0.3 is 25.1 Å². The highest BCUT2D eigenvalue weighted by Gasteiger charge is 2.12. The van der Waals surface area contributed by atoms with Crippen molar-refractivity contribution < 1.29 is 9.47 Å². The van der Waals surface area contributed by atoms with Crippen molar-refractivity contribution in [3.8, 4) is 5.75 Å². The van der Waals surface area contributed by atoms with Gasteiger partial charge in [-0.15, -0.1) is 24.0 Å². The standard InChI is InChI=1S/C16H22N4O2.HI/c1-21-14-4-2-3-13-15(14)12(11-19-13)5-6-18-16(17)20-7-9-22-10-8-20;/h2-4,11,19H,5-10H2,1H3,(H2,17,18);1H. The van der Waals surface area contributed by atoms with Gasteiger partial charge in [-0.2, -0.15) is 0 Å². The third kappa shape index (κ3) is 4.08. The molecule has 0 unspecified atom stereocenters. The van der Waals surface area contributed by atoms with Crippen molar-refractivity contribution >= 4 is 40.8 Å². The molecule has 2 heterocycles. The molecule has 7 heteroatoms. The number of aliphatic imine (C=N–C) groups is 1. The molecule has 3 N–H and O–H groups in total. The Balaban J connectivity index is 0.00000192. The predicted molar refractivity (Wildman–Crippen MR) is 103 cm³/mol. The highest BCUT2D eigenvalue weighted by molar-refractivity contribution is 14.0. The summed E-state index contributed by atoms with van der Waals surface area (Å²) >= 11 is 0. The van der Waals surface area contributed by atoms with E-state index in [1.807, 2.05) is 24.4 Å². The summed E-state index contributed by atoms with van der Waals surface area (Å²) in [5.74, 6) is 1.49. The lowest BCUT2D eigenvalue weighted by atomic mass is 10.1. The van der Waals surface area contributed by atoms with Crippen LogP contribution in [0.2, 0.25) is 0 Å². The van der Waals surface area contributed by atoms with Gasteiger partial charge in [-0.25, -0.2) is 0 Å². The number of fused-ring (bicyclic) bond motifs is 1. The van der Waals surface area contributed by atoms with Gasteiger partial charge in [0, 0.05) is 36.7 Å². The normalized spacial score (nSPS) is 15.5. The molecule has 1 aliphatic heterocycles. The van der Waals surface area contributed by atoms with Crippen molar-refractivity contribution in [2.75, 3.05) is 40.0 Å². The zero-order valence-corrected chi connectivity index (χ0v) is 15.6. The van der Waals surface area contributed by atoms with Crippen molar-refractivity contribution in [3.63, 3.8) is 0 Å². The lowest BCUT2D eigenvalue weighted by molar-refractivity contribution is 0.0674. The molecular formula is C16H23IN4O2. The number of ether oxygens (including phenoxy) is 2. The molecule has 126 valence electrons. The molecule has 1 aromatic heterocycles. The minimum Gasteiger partial charge on any atom is -0.496 e. The Bertz CT molecular complexity index is 665. The highest BCUT2D eigenvalue weighted by atomic mass is 127. The number of halogens is 1. The van der Waals surface area contributed by atoms with Crippen LogP contribution in [0.4, 0.5) is 0 Å². The summed E-state index contributed by atoms with van der Waals surface area (Å²) in [6, 6.07) is 6.01. The molecule has 0 bridgehead atoms. The fourth-order valence-electron chi connectivity index (χ4n) is 2.77. The van der Waals surface area contributed by atoms with E-state index in [2.05, 4.69) is 14.9 Å². The Kier molecular flexibility index (Phi) is 6.52. The third-order valence-corrected chi connectivity index (χ3v) is 3.96. The van der Waals surface area contributed by atoms with Crippen LogP contribution < -0.4 is 10.5 Å². The topological polar surface area (TPSA) is 75.9 Å². The van der Waals surface area contributed by atoms with Gasteiger partial charge >= 0.3 is 0 Å². The fourth-order valence-corrected chi connectivity index (χ4v) is 2.77. The quantitative estimate of drug-likeness (QED) is 0.442. The molecule has 6 nitrogen and oxygen atoms in total. The minimum absolute atomic E-state index is 0. The molecule has 2 aromatic rings. The van der Waals surface area contributed by atoms with Crippen LogP contribution in [0, 0.1) is 0 Å². The lowest BCUT2D eigenvalue weighted by Crippen LogP contribution is -2.44. The van der Waals surface area contributed by atoms with Crippen molar-refractivity contribution in [2.45, 2.75) is 6.42 Å². The smallest absolute Gasteiger partial charge is 0.191 e. The number of aromatic nitrogens is 1. The van der Waals surface area contributed by atoms with Crippen LogP contribution in [0.15, 0.2) is 29.4 Å². The molecule has 0 radical (unpaired) electrons. The molecule has 1 aliphatic rings. The number of hydrogen-bond donors (Lipinski definition) is 2. The Morgan fingerprint density at radius 3 is 2.91 bits per heavy atom. The number of rotatable bonds is 4. The van der Waals surface area contributed by atoms with Crippen LogP contribution >= 0.6 is 24.0 Å². The average Bonchev–Trinajstić information content (AvgIpc) is 2.99. The molecule has 0 saturated carbocycles. The van der Waals surface area contributed by atoms with Crippen LogP contribution in [0.5, 0.6) is 5.75 Å². The summed E-state index contributed by atoms with van der Waals surface area (Å²) in [7, 11) is 1.69. The van der Waals surface area contributed by atoms with E-state index < -0.39 is 0 Å². The van der Waals surface area contributed by atoms with E-state index in [4.69, 9.17) is 15.2 Å². The number of guanidine groups is 1. The second-order valence-corrected chi connectivity index (χ2v) is 5.29. The van der Waals surface area contributed by atoms with Crippen LogP contribution in [-0.4, -0.2) is 55.8 Å². The number of nitrogens with two attached hydrogens (primary N) is 1. The first kappa shape index (κ1) is 17.9. The molecule has 0 atom stereocenters. The SMILES string of the molecule is COc1cccc2[nH]cc(CCN=C(N)N3CCOCC3)c12.I. The summed E-state index contributed by atoms with van der Waals surface area (Å²) in [6.45, 7) is 3.73. The Hall–Kier alpha value is -1.48. The maximum Gasteiger partial charge on any atom is 0.191 e. The van der Waals surface area contributed by atoms with Gasteiger partial charge in [0.15, 0.2) is 5.96 Å². The van der Waals surface area contributed by atoms with Gasteiger partial charge in [0.1, 0.15) is 5.75 Å². The maximum absolute atomic E-state index is 6.04. The number of H-pyrrole nitrogens is 1. The van der Waals surface area contributed by atoms with Crippen molar-refractivity contribution in [2.24, 2.45) is 10.7 Å². The summed E-state index contributed by atoms with van der Waals surface area (Å²) in [5, 5.41) is 1.13. The van der Waals surface area contributed by atoms with Gasteiger partial charge in [-0.1, -0.05) is 6.07 Å². The molecule has 0 amide bonds. The monoisotopic (exact) mass is 430 g/mol. The number of hydrogen-bond acceptors (Lipinski definition) is 3. The molecule has 3 rings (SSSR count). The van der Waals surface area contributed by atoms with Crippen molar-refractivity contribution in [1.29, 1.82) is 0 Å². The lowest BCUT2D eigenvalue weighted by Gasteiger charge is -2.27. The van der Waals surface area contributed by atoms with Gasteiger partial charge in [0.25, 0.3) is 0 Å². The molecule has 1 saturated heterocycles. The predicted octanol–water partition coefficient (Wildman–Crippen LogP) is 1.98. The molecule has 23 heavy (non-hydrogen) atoms. The highest BCUT2D eigenvalue weighted by Crippen LogP contribution is 2.28. The number of methoxy groups -OCH3 is 1. The van der Waals surface area contributed by atoms with E-state index in [0.29, 0.717) is 12.5 Å². The largest absolute Gasteiger partial charge is 0.496 e. The number of benzene rings is 1. The summed E-state index contributed by atoms with van der Waals surface area (Å²) < 4.78 is 10.8. The summed E-state index contributed by atoms with van der Waals surface area (Å²) in [5.41, 5.74) is 8.33. The first-order valence-corrected chi connectivity index (χ1v) is 7.55. The van der Waals surface area contributed by atoms with Gasteiger partial charge in [-0.05, 0) is 24.1 Å². The van der Waals surface area contributed by atoms with E-state index in [1.165, 1.54) is 5.56 Å². The van der Waals surface area contributed by atoms with E-state index in [0.717, 1.165) is 49.4 Å². The second kappa shape index (κ2) is 8.39. The van der Waals surface area contributed by atoms with Crippen molar-refractivity contribution in [3.05, 3.63) is 30.0 Å². The van der Waals surface area contributed by atoms with Crippen molar-refractivity contribution in [1.82, 2.24) is 9.88 Å². The van der Waals surface area contributed by atoms with Crippen LogP contribution in [-0.2, 0) is 11.2 Å². The molecule has 0 aliphatic carbocycles. The van der Waals surface area contributed by atoms with E-state index >= 15 is 0 Å². The molecular weight excluding hydrogens is 407 g/mol. The van der Waals surface area contributed by atoms with Crippen LogP contribution in [0.3, 0.4) is 0 Å². The van der Waals surface area contributed by atoms with E-state index in [9.17, 15) is 0 Å². The Labute approximate surface area is 153 Å². The second-order valence-electron chi connectivity index (χ2n) is 5.29. The van der Waals surface area contributed by atoms with E-state index in [1.54, 1.807) is 7.11 Å². The van der Waals surface area contributed by atoms with Crippen LogP contribution in [0.25, 0.3) is 10.9 Å². The number of nitrogens with one attached hydrogen (secondary N) is 1. The first-order valence-electron chi connectivity index (χ1n) is 7.55. The number of aromatic amines is 1. The van der Waals surface area contributed by atoms with Gasteiger partial charge in [-0.3, -0.25) is 4.99 Å². The van der Waals surface area contributed by atoms with Gasteiger partial charge in [0.05, 0.1) is 20.3 Å². The summed E-state index contributed by atoms with van der Waals surface area (Å²) in [4.78, 5) is 9.84. The summed E-state index contributed by atoms with van der Waals surface area (Å²) in [6.07, 6.45) is 2.85. The number of morpholine rings is 1. The van der Waals surface area contributed by atoms with E-state index in [-0.39, 0.29) is 24.0 Å². The van der Waals surface area contributed by atoms with Crippen LogP contribution in [0.1, 0.15) is 5.56 Å². The van der Waals surface area contributed by atoms with Gasteiger partial charge in [0.2, 0.25) is 0 Å². The Morgan fingerprint density at radius 2 is 2.17 bits per heavy atom. The molecule has 1 aromatic carbocycles. The minimum atomic E-state index is 0. The zero-order chi connectivity index (χ0) is 15.4. The zero-order valence-electron chi connectivity index (χ0n) is 13.2. The average molecular weight is 430 g/mol.